The lowest BCUT2D eigenvalue weighted by Gasteiger charge is -2.26. The Morgan fingerprint density at radius 1 is 1.05 bits per heavy atom. The van der Waals surface area contributed by atoms with E-state index in [0.717, 1.165) is 5.56 Å². The zero-order chi connectivity index (χ0) is 14.0. The summed E-state index contributed by atoms with van der Waals surface area (Å²) < 4.78 is 11.8. The fourth-order valence-electron chi connectivity index (χ4n) is 2.49. The average Bonchev–Trinajstić information content (AvgIpc) is 2.91. The summed E-state index contributed by atoms with van der Waals surface area (Å²) in [6.45, 7) is 2.66. The fourth-order valence-corrected chi connectivity index (χ4v) is 3.11. The molecule has 0 bridgehead atoms. The smallest absolute Gasteiger partial charge is 0.205 e. The van der Waals surface area contributed by atoms with Crippen LogP contribution in [0.25, 0.3) is 11.1 Å². The van der Waals surface area contributed by atoms with Gasteiger partial charge in [-0.2, -0.15) is 0 Å². The largest absolute Gasteiger partial charge is 0.342 e. The Bertz CT molecular complexity index is 567. The van der Waals surface area contributed by atoms with Crippen molar-refractivity contribution in [3.63, 3.8) is 0 Å². The summed E-state index contributed by atoms with van der Waals surface area (Å²) in [6, 6.07) is 18.8. The molecule has 1 heterocycles. The normalized spacial score (nSPS) is 25.8. The van der Waals surface area contributed by atoms with Gasteiger partial charge in [0, 0.05) is 5.56 Å². The van der Waals surface area contributed by atoms with E-state index in [1.54, 1.807) is 0 Å². The molecule has 3 heteroatoms. The van der Waals surface area contributed by atoms with Gasteiger partial charge in [0.25, 0.3) is 0 Å². The van der Waals surface area contributed by atoms with Gasteiger partial charge in [0.05, 0.1) is 18.0 Å². The number of rotatable bonds is 3. The van der Waals surface area contributed by atoms with E-state index in [1.165, 1.54) is 11.1 Å². The van der Waals surface area contributed by atoms with E-state index in [0.29, 0.717) is 11.9 Å². The summed E-state index contributed by atoms with van der Waals surface area (Å²) in [5, 5.41) is 0.634. The van der Waals surface area contributed by atoms with Crippen LogP contribution in [0.1, 0.15) is 12.5 Å². The van der Waals surface area contributed by atoms with Gasteiger partial charge in [0.15, 0.2) is 0 Å². The molecule has 1 saturated heterocycles. The summed E-state index contributed by atoms with van der Waals surface area (Å²) in [4.78, 5) is 0. The zero-order valence-corrected chi connectivity index (χ0v) is 13.0. The first-order chi connectivity index (χ1) is 9.73. The molecular weight excluding hydrogens is 316 g/mol. The van der Waals surface area contributed by atoms with Crippen LogP contribution < -0.4 is 0 Å². The SMILES string of the molecule is CC1COC(CBr)(c2ccc(-c3ccccc3)cc2)O1. The number of hydrogen-bond donors (Lipinski definition) is 0. The molecule has 2 atom stereocenters. The predicted molar refractivity (Wildman–Crippen MR) is 83.8 cm³/mol. The molecule has 0 N–H and O–H groups in total. The van der Waals surface area contributed by atoms with E-state index in [9.17, 15) is 0 Å². The summed E-state index contributed by atoms with van der Waals surface area (Å²) in [5.74, 6) is -0.644. The van der Waals surface area contributed by atoms with Crippen LogP contribution >= 0.6 is 15.9 Å². The quantitative estimate of drug-likeness (QED) is 0.778. The van der Waals surface area contributed by atoms with Crippen LogP contribution in [-0.2, 0) is 15.3 Å². The zero-order valence-electron chi connectivity index (χ0n) is 11.4. The fraction of sp³-hybridized carbons (Fsp3) is 0.294. The molecule has 0 saturated carbocycles. The molecular formula is C17H17BrO2. The molecule has 2 nitrogen and oxygen atoms in total. The van der Waals surface area contributed by atoms with E-state index >= 15 is 0 Å². The monoisotopic (exact) mass is 332 g/mol. The van der Waals surface area contributed by atoms with Crippen LogP contribution in [0.2, 0.25) is 0 Å². The third-order valence-corrected chi connectivity index (χ3v) is 4.29. The van der Waals surface area contributed by atoms with Crippen LogP contribution in [0.3, 0.4) is 0 Å². The van der Waals surface area contributed by atoms with Gasteiger partial charge >= 0.3 is 0 Å². The van der Waals surface area contributed by atoms with Gasteiger partial charge in [-0.3, -0.25) is 0 Å². The van der Waals surface area contributed by atoms with E-state index in [-0.39, 0.29) is 6.10 Å². The van der Waals surface area contributed by atoms with Gasteiger partial charge in [-0.05, 0) is 18.1 Å². The van der Waals surface area contributed by atoms with Crippen molar-refractivity contribution < 1.29 is 9.47 Å². The third-order valence-electron chi connectivity index (χ3n) is 3.55. The Balaban J connectivity index is 1.90. The Morgan fingerprint density at radius 3 is 2.25 bits per heavy atom. The average molecular weight is 333 g/mol. The molecule has 0 aromatic heterocycles. The van der Waals surface area contributed by atoms with Gasteiger partial charge in [-0.1, -0.05) is 70.5 Å². The first kappa shape index (κ1) is 13.8. The van der Waals surface area contributed by atoms with Gasteiger partial charge in [0.2, 0.25) is 5.79 Å². The Hall–Kier alpha value is -1.16. The van der Waals surface area contributed by atoms with Crippen LogP contribution in [0.4, 0.5) is 0 Å². The molecule has 2 aromatic rings. The highest BCUT2D eigenvalue weighted by Crippen LogP contribution is 2.36. The number of alkyl halides is 1. The van der Waals surface area contributed by atoms with Crippen LogP contribution in [0.15, 0.2) is 54.6 Å². The van der Waals surface area contributed by atoms with E-state index in [1.807, 2.05) is 25.1 Å². The van der Waals surface area contributed by atoms with E-state index < -0.39 is 5.79 Å². The van der Waals surface area contributed by atoms with E-state index in [4.69, 9.17) is 9.47 Å². The van der Waals surface area contributed by atoms with Crippen molar-refractivity contribution in [2.45, 2.75) is 18.8 Å². The van der Waals surface area contributed by atoms with Gasteiger partial charge in [-0.15, -0.1) is 0 Å². The number of hydrogen-bond acceptors (Lipinski definition) is 2. The minimum absolute atomic E-state index is 0.126. The van der Waals surface area contributed by atoms with Crippen molar-refractivity contribution in [3.8, 4) is 11.1 Å². The van der Waals surface area contributed by atoms with Crippen molar-refractivity contribution in [2.24, 2.45) is 0 Å². The maximum absolute atomic E-state index is 5.96. The topological polar surface area (TPSA) is 18.5 Å². The molecule has 0 aliphatic carbocycles. The predicted octanol–water partition coefficient (Wildman–Crippen LogP) is 4.34. The van der Waals surface area contributed by atoms with Gasteiger partial charge in [0.1, 0.15) is 0 Å². The standard InChI is InChI=1S/C17H17BrO2/c1-13-11-19-17(12-18,20-13)16-9-7-15(8-10-16)14-5-3-2-4-6-14/h2-10,13H,11-12H2,1H3. The molecule has 1 aliphatic heterocycles. The number of halogens is 1. The van der Waals surface area contributed by atoms with Crippen molar-refractivity contribution in [2.75, 3.05) is 11.9 Å². The van der Waals surface area contributed by atoms with E-state index in [2.05, 4.69) is 52.3 Å². The lowest BCUT2D eigenvalue weighted by Crippen LogP contribution is -2.29. The van der Waals surface area contributed by atoms with Crippen molar-refractivity contribution in [1.82, 2.24) is 0 Å². The molecule has 0 amide bonds. The highest BCUT2D eigenvalue weighted by Gasteiger charge is 2.40. The highest BCUT2D eigenvalue weighted by molar-refractivity contribution is 9.09. The highest BCUT2D eigenvalue weighted by atomic mass is 79.9. The molecule has 3 rings (SSSR count). The second kappa shape index (κ2) is 5.68. The maximum Gasteiger partial charge on any atom is 0.205 e. The molecule has 2 aromatic carbocycles. The van der Waals surface area contributed by atoms with Crippen molar-refractivity contribution in [1.29, 1.82) is 0 Å². The first-order valence-corrected chi connectivity index (χ1v) is 7.89. The summed E-state index contributed by atoms with van der Waals surface area (Å²) in [6.07, 6.45) is 0.126. The van der Waals surface area contributed by atoms with Crippen LogP contribution in [0, 0.1) is 0 Å². The molecule has 1 aliphatic rings. The third kappa shape index (κ3) is 2.53. The Morgan fingerprint density at radius 2 is 1.70 bits per heavy atom. The van der Waals surface area contributed by atoms with Crippen LogP contribution in [0.5, 0.6) is 0 Å². The molecule has 20 heavy (non-hydrogen) atoms. The molecule has 2 unspecified atom stereocenters. The number of ether oxygens (including phenoxy) is 2. The molecule has 0 radical (unpaired) electrons. The second-order valence-electron chi connectivity index (χ2n) is 5.07. The molecule has 1 fully saturated rings. The Kier molecular flexibility index (Phi) is 3.92. The maximum atomic E-state index is 5.96. The minimum Gasteiger partial charge on any atom is -0.342 e. The summed E-state index contributed by atoms with van der Waals surface area (Å²) in [7, 11) is 0. The minimum atomic E-state index is -0.644. The lowest BCUT2D eigenvalue weighted by molar-refractivity contribution is -0.154. The second-order valence-corrected chi connectivity index (χ2v) is 5.63. The lowest BCUT2D eigenvalue weighted by atomic mass is 10.0. The van der Waals surface area contributed by atoms with Crippen molar-refractivity contribution >= 4 is 15.9 Å². The number of benzene rings is 2. The Labute approximate surface area is 127 Å². The van der Waals surface area contributed by atoms with Crippen LogP contribution in [-0.4, -0.2) is 18.0 Å². The first-order valence-electron chi connectivity index (χ1n) is 6.77. The van der Waals surface area contributed by atoms with Crippen molar-refractivity contribution in [3.05, 3.63) is 60.2 Å². The van der Waals surface area contributed by atoms with Gasteiger partial charge in [-0.25, -0.2) is 0 Å². The molecule has 0 spiro atoms. The summed E-state index contributed by atoms with van der Waals surface area (Å²) >= 11 is 3.51. The van der Waals surface area contributed by atoms with Gasteiger partial charge < -0.3 is 9.47 Å². The summed E-state index contributed by atoms with van der Waals surface area (Å²) in [5.41, 5.74) is 3.47. The molecule has 104 valence electrons.